The van der Waals surface area contributed by atoms with E-state index < -0.39 is 17.6 Å². The van der Waals surface area contributed by atoms with Crippen LogP contribution < -0.4 is 16.0 Å². The molecule has 3 rings (SSSR count). The van der Waals surface area contributed by atoms with Gasteiger partial charge in [0.25, 0.3) is 5.91 Å². The summed E-state index contributed by atoms with van der Waals surface area (Å²) in [5, 5.41) is 8.96. The van der Waals surface area contributed by atoms with E-state index >= 15 is 0 Å². The van der Waals surface area contributed by atoms with Crippen molar-refractivity contribution < 1.29 is 18.0 Å². The first-order valence-electron chi connectivity index (χ1n) is 9.20. The highest BCUT2D eigenvalue weighted by Gasteiger charge is 2.30. The standard InChI is InChI=1S/C21H20F3N5O/c1-3-25-18-12-19(27-13(2)26-18)28-16-8-10-17(11-9-16)29-20(30)14-4-6-15(7-5-14)21(22,23)24/h4-12H,3H2,1-2H3,(H,29,30)(H2,25,26,27,28). The van der Waals surface area contributed by atoms with Gasteiger partial charge in [0.15, 0.2) is 0 Å². The Morgan fingerprint density at radius 1 is 0.933 bits per heavy atom. The van der Waals surface area contributed by atoms with Crippen LogP contribution in [0.15, 0.2) is 54.6 Å². The second-order valence-electron chi connectivity index (χ2n) is 6.45. The van der Waals surface area contributed by atoms with E-state index in [0.29, 0.717) is 23.1 Å². The maximum absolute atomic E-state index is 12.6. The molecule has 0 aliphatic heterocycles. The molecular weight excluding hydrogens is 395 g/mol. The van der Waals surface area contributed by atoms with E-state index in [0.717, 1.165) is 36.5 Å². The van der Waals surface area contributed by atoms with E-state index in [1.54, 1.807) is 37.3 Å². The number of nitrogens with zero attached hydrogens (tertiary/aromatic N) is 2. The van der Waals surface area contributed by atoms with Crippen LogP contribution in [0.1, 0.15) is 28.7 Å². The fourth-order valence-corrected chi connectivity index (χ4v) is 2.70. The van der Waals surface area contributed by atoms with Crippen molar-refractivity contribution in [3.63, 3.8) is 0 Å². The normalized spacial score (nSPS) is 11.1. The first kappa shape index (κ1) is 21.1. The third-order valence-corrected chi connectivity index (χ3v) is 4.09. The zero-order valence-electron chi connectivity index (χ0n) is 16.3. The summed E-state index contributed by atoms with van der Waals surface area (Å²) in [7, 11) is 0. The van der Waals surface area contributed by atoms with Crippen molar-refractivity contribution in [1.82, 2.24) is 9.97 Å². The van der Waals surface area contributed by atoms with Gasteiger partial charge >= 0.3 is 6.18 Å². The number of anilines is 4. The predicted octanol–water partition coefficient (Wildman–Crippen LogP) is 5.23. The number of hydrogen-bond acceptors (Lipinski definition) is 5. The van der Waals surface area contributed by atoms with Gasteiger partial charge in [0, 0.05) is 29.5 Å². The van der Waals surface area contributed by atoms with Gasteiger partial charge in [-0.2, -0.15) is 13.2 Å². The van der Waals surface area contributed by atoms with Gasteiger partial charge in [0.05, 0.1) is 5.56 Å². The number of benzene rings is 2. The van der Waals surface area contributed by atoms with Crippen LogP contribution in [0.5, 0.6) is 0 Å². The molecule has 156 valence electrons. The highest BCUT2D eigenvalue weighted by Crippen LogP contribution is 2.29. The van der Waals surface area contributed by atoms with Gasteiger partial charge in [-0.05, 0) is 62.4 Å². The summed E-state index contributed by atoms with van der Waals surface area (Å²) in [5.41, 5.74) is 0.602. The molecule has 6 nitrogen and oxygen atoms in total. The average Bonchev–Trinajstić information content (AvgIpc) is 2.69. The minimum Gasteiger partial charge on any atom is -0.370 e. The summed E-state index contributed by atoms with van der Waals surface area (Å²) in [5.74, 6) is 1.47. The van der Waals surface area contributed by atoms with Gasteiger partial charge in [-0.25, -0.2) is 9.97 Å². The number of alkyl halides is 3. The SMILES string of the molecule is CCNc1cc(Nc2ccc(NC(=O)c3ccc(C(F)(F)F)cc3)cc2)nc(C)n1. The van der Waals surface area contributed by atoms with E-state index in [-0.39, 0.29) is 5.56 Å². The van der Waals surface area contributed by atoms with Crippen molar-refractivity contribution in [1.29, 1.82) is 0 Å². The summed E-state index contributed by atoms with van der Waals surface area (Å²) >= 11 is 0. The van der Waals surface area contributed by atoms with Crippen molar-refractivity contribution in [2.75, 3.05) is 22.5 Å². The van der Waals surface area contributed by atoms with Gasteiger partial charge in [-0.3, -0.25) is 4.79 Å². The number of amides is 1. The molecule has 3 aromatic rings. The molecule has 0 fully saturated rings. The fraction of sp³-hybridized carbons (Fsp3) is 0.190. The average molecular weight is 415 g/mol. The molecule has 3 N–H and O–H groups in total. The van der Waals surface area contributed by atoms with Crippen molar-refractivity contribution in [3.05, 3.63) is 71.5 Å². The number of hydrogen-bond donors (Lipinski definition) is 3. The molecule has 0 spiro atoms. The van der Waals surface area contributed by atoms with Gasteiger partial charge in [0.2, 0.25) is 0 Å². The Balaban J connectivity index is 1.65. The number of carbonyl (C=O) groups is 1. The Hall–Kier alpha value is -3.62. The van der Waals surface area contributed by atoms with E-state index in [1.807, 2.05) is 6.92 Å². The highest BCUT2D eigenvalue weighted by atomic mass is 19.4. The zero-order chi connectivity index (χ0) is 21.7. The Morgan fingerprint density at radius 3 is 2.13 bits per heavy atom. The summed E-state index contributed by atoms with van der Waals surface area (Å²) < 4.78 is 37.9. The molecular formula is C21H20F3N5O. The van der Waals surface area contributed by atoms with Crippen molar-refractivity contribution >= 4 is 28.9 Å². The molecule has 30 heavy (non-hydrogen) atoms. The number of nitrogens with one attached hydrogen (secondary N) is 3. The second-order valence-corrected chi connectivity index (χ2v) is 6.45. The van der Waals surface area contributed by atoms with Gasteiger partial charge in [0.1, 0.15) is 17.5 Å². The Bertz CT molecular complexity index is 1020. The summed E-state index contributed by atoms with van der Waals surface area (Å²) in [4.78, 5) is 20.9. The van der Waals surface area contributed by atoms with Gasteiger partial charge in [-0.1, -0.05) is 0 Å². The van der Waals surface area contributed by atoms with Crippen LogP contribution >= 0.6 is 0 Å². The molecule has 1 heterocycles. The molecule has 0 saturated carbocycles. The molecule has 1 amide bonds. The third-order valence-electron chi connectivity index (χ3n) is 4.09. The molecule has 0 radical (unpaired) electrons. The quantitative estimate of drug-likeness (QED) is 0.514. The van der Waals surface area contributed by atoms with Crippen LogP contribution in [0.25, 0.3) is 0 Å². The molecule has 0 bridgehead atoms. The smallest absolute Gasteiger partial charge is 0.370 e. The van der Waals surface area contributed by atoms with E-state index in [2.05, 4.69) is 25.9 Å². The molecule has 1 aromatic heterocycles. The second kappa shape index (κ2) is 8.81. The first-order chi connectivity index (χ1) is 14.2. The maximum Gasteiger partial charge on any atom is 0.416 e. The van der Waals surface area contributed by atoms with Crippen molar-refractivity contribution in [2.24, 2.45) is 0 Å². The lowest BCUT2D eigenvalue weighted by atomic mass is 10.1. The molecule has 0 aliphatic carbocycles. The molecule has 0 atom stereocenters. The maximum atomic E-state index is 12.6. The van der Waals surface area contributed by atoms with Crippen LogP contribution in [0.4, 0.5) is 36.2 Å². The topological polar surface area (TPSA) is 78.9 Å². The van der Waals surface area contributed by atoms with Crippen molar-refractivity contribution in [3.8, 4) is 0 Å². The van der Waals surface area contributed by atoms with Crippen LogP contribution in [0.2, 0.25) is 0 Å². The zero-order valence-corrected chi connectivity index (χ0v) is 16.3. The summed E-state index contributed by atoms with van der Waals surface area (Å²) in [6.45, 7) is 4.51. The molecule has 0 saturated heterocycles. The lowest BCUT2D eigenvalue weighted by Gasteiger charge is -2.11. The van der Waals surface area contributed by atoms with Gasteiger partial charge < -0.3 is 16.0 Å². The Labute approximate surface area is 171 Å². The monoisotopic (exact) mass is 415 g/mol. The number of aromatic nitrogens is 2. The van der Waals surface area contributed by atoms with Crippen LogP contribution in [-0.4, -0.2) is 22.4 Å². The minimum absolute atomic E-state index is 0.137. The predicted molar refractivity (Wildman–Crippen MR) is 110 cm³/mol. The molecule has 0 unspecified atom stereocenters. The molecule has 0 aliphatic rings. The summed E-state index contributed by atoms with van der Waals surface area (Å²) in [6, 6.07) is 12.7. The van der Waals surface area contributed by atoms with Crippen molar-refractivity contribution in [2.45, 2.75) is 20.0 Å². The lowest BCUT2D eigenvalue weighted by Crippen LogP contribution is -2.12. The van der Waals surface area contributed by atoms with Gasteiger partial charge in [-0.15, -0.1) is 0 Å². The minimum atomic E-state index is -4.44. The third kappa shape index (κ3) is 5.47. The Morgan fingerprint density at radius 2 is 1.53 bits per heavy atom. The largest absolute Gasteiger partial charge is 0.416 e. The number of halogens is 3. The lowest BCUT2D eigenvalue weighted by molar-refractivity contribution is -0.137. The van der Waals surface area contributed by atoms with Crippen LogP contribution in [-0.2, 0) is 6.18 Å². The van der Waals surface area contributed by atoms with E-state index in [9.17, 15) is 18.0 Å². The Kier molecular flexibility index (Phi) is 6.20. The van der Waals surface area contributed by atoms with E-state index in [4.69, 9.17) is 0 Å². The molecule has 2 aromatic carbocycles. The fourth-order valence-electron chi connectivity index (χ4n) is 2.70. The summed E-state index contributed by atoms with van der Waals surface area (Å²) in [6.07, 6.45) is -4.44. The van der Waals surface area contributed by atoms with Crippen LogP contribution in [0, 0.1) is 6.92 Å². The number of rotatable bonds is 6. The number of aryl methyl sites for hydroxylation is 1. The van der Waals surface area contributed by atoms with E-state index in [1.165, 1.54) is 0 Å². The first-order valence-corrected chi connectivity index (χ1v) is 9.20. The highest BCUT2D eigenvalue weighted by molar-refractivity contribution is 6.04. The molecule has 9 heteroatoms. The van der Waals surface area contributed by atoms with Crippen LogP contribution in [0.3, 0.4) is 0 Å². The number of carbonyl (C=O) groups excluding carboxylic acids is 1.